The Bertz CT molecular complexity index is 478. The van der Waals surface area contributed by atoms with Gasteiger partial charge in [0.15, 0.2) is 0 Å². The number of esters is 1. The molecule has 0 radical (unpaired) electrons. The van der Waals surface area contributed by atoms with Crippen LogP contribution in [-0.2, 0) is 30.2 Å². The summed E-state index contributed by atoms with van der Waals surface area (Å²) in [5, 5.41) is 0. The Labute approximate surface area is 143 Å². The number of hydrogen-bond acceptors (Lipinski definition) is 5. The maximum absolute atomic E-state index is 12.2. The fourth-order valence-corrected chi connectivity index (χ4v) is 2.13. The van der Waals surface area contributed by atoms with Crippen molar-refractivity contribution in [3.63, 3.8) is 0 Å². The molecule has 1 aromatic carbocycles. The molecule has 0 atom stereocenters. The zero-order valence-electron chi connectivity index (χ0n) is 14.5. The molecule has 0 saturated heterocycles. The third kappa shape index (κ3) is 8.64. The summed E-state index contributed by atoms with van der Waals surface area (Å²) in [6.45, 7) is 1.87. The summed E-state index contributed by atoms with van der Waals surface area (Å²) >= 11 is 0. The number of nitrogens with zero attached hydrogens (tertiary/aromatic N) is 1. The standard InChI is InChI=1S/C18H27NO5/c1-22-14-11-19(15-18(21)23-2)17(20)9-6-12-24-13-10-16-7-4-3-5-8-16/h3-5,7-8H,6,9-15H2,1-2H3. The summed E-state index contributed by atoms with van der Waals surface area (Å²) in [6, 6.07) is 10.1. The molecule has 0 heterocycles. The van der Waals surface area contributed by atoms with Gasteiger partial charge in [-0.15, -0.1) is 0 Å². The topological polar surface area (TPSA) is 65.1 Å². The average Bonchev–Trinajstić information content (AvgIpc) is 2.61. The Balaban J connectivity index is 2.20. The Morgan fingerprint density at radius 2 is 1.79 bits per heavy atom. The lowest BCUT2D eigenvalue weighted by atomic mass is 10.2. The second kappa shape index (κ2) is 12.5. The van der Waals surface area contributed by atoms with Gasteiger partial charge in [0.05, 0.1) is 20.3 Å². The van der Waals surface area contributed by atoms with E-state index in [0.717, 1.165) is 6.42 Å². The van der Waals surface area contributed by atoms with Crippen LogP contribution >= 0.6 is 0 Å². The lowest BCUT2D eigenvalue weighted by Gasteiger charge is -2.21. The van der Waals surface area contributed by atoms with Crippen molar-refractivity contribution in [3.8, 4) is 0 Å². The number of hydrogen-bond donors (Lipinski definition) is 0. The van der Waals surface area contributed by atoms with E-state index in [0.29, 0.717) is 39.2 Å². The molecule has 0 aliphatic carbocycles. The molecule has 1 rings (SSSR count). The van der Waals surface area contributed by atoms with E-state index < -0.39 is 5.97 Å². The van der Waals surface area contributed by atoms with Crippen molar-refractivity contribution in [2.24, 2.45) is 0 Å². The highest BCUT2D eigenvalue weighted by molar-refractivity contribution is 5.82. The minimum absolute atomic E-state index is 0.0481. The third-order valence-corrected chi connectivity index (χ3v) is 3.52. The maximum Gasteiger partial charge on any atom is 0.325 e. The molecule has 0 fully saturated rings. The highest BCUT2D eigenvalue weighted by Crippen LogP contribution is 2.02. The molecule has 0 saturated carbocycles. The van der Waals surface area contributed by atoms with Gasteiger partial charge in [-0.3, -0.25) is 9.59 Å². The van der Waals surface area contributed by atoms with Gasteiger partial charge in [0.2, 0.25) is 5.91 Å². The average molecular weight is 337 g/mol. The fraction of sp³-hybridized carbons (Fsp3) is 0.556. The summed E-state index contributed by atoms with van der Waals surface area (Å²) in [5.41, 5.74) is 1.23. The summed E-state index contributed by atoms with van der Waals surface area (Å²) in [4.78, 5) is 25.0. The normalized spacial score (nSPS) is 10.4. The Morgan fingerprint density at radius 1 is 1.04 bits per heavy atom. The zero-order valence-corrected chi connectivity index (χ0v) is 14.5. The van der Waals surface area contributed by atoms with Gasteiger partial charge in [0.1, 0.15) is 6.54 Å². The number of methoxy groups -OCH3 is 2. The molecule has 24 heavy (non-hydrogen) atoms. The number of amides is 1. The van der Waals surface area contributed by atoms with E-state index >= 15 is 0 Å². The van der Waals surface area contributed by atoms with Crippen LogP contribution in [0.4, 0.5) is 0 Å². The molecule has 1 amide bonds. The van der Waals surface area contributed by atoms with E-state index in [1.165, 1.54) is 17.6 Å². The van der Waals surface area contributed by atoms with Gasteiger partial charge in [0, 0.05) is 26.7 Å². The minimum atomic E-state index is -0.432. The van der Waals surface area contributed by atoms with Gasteiger partial charge < -0.3 is 19.1 Å². The van der Waals surface area contributed by atoms with Gasteiger partial charge >= 0.3 is 5.97 Å². The van der Waals surface area contributed by atoms with E-state index in [4.69, 9.17) is 9.47 Å². The zero-order chi connectivity index (χ0) is 17.6. The molecule has 0 unspecified atom stereocenters. The van der Waals surface area contributed by atoms with Crippen molar-refractivity contribution in [2.75, 3.05) is 47.1 Å². The minimum Gasteiger partial charge on any atom is -0.468 e. The predicted molar refractivity (Wildman–Crippen MR) is 90.7 cm³/mol. The lowest BCUT2D eigenvalue weighted by molar-refractivity contribution is -0.147. The highest BCUT2D eigenvalue weighted by Gasteiger charge is 2.16. The van der Waals surface area contributed by atoms with E-state index in [2.05, 4.69) is 16.9 Å². The van der Waals surface area contributed by atoms with Crippen LogP contribution in [0.5, 0.6) is 0 Å². The molecule has 0 N–H and O–H groups in total. The van der Waals surface area contributed by atoms with Crippen molar-refractivity contribution in [2.45, 2.75) is 19.3 Å². The Kier molecular flexibility index (Phi) is 10.5. The van der Waals surface area contributed by atoms with Gasteiger partial charge in [-0.05, 0) is 18.4 Å². The van der Waals surface area contributed by atoms with Crippen molar-refractivity contribution in [1.29, 1.82) is 0 Å². The largest absolute Gasteiger partial charge is 0.468 e. The SMILES string of the molecule is COCCN(CC(=O)OC)C(=O)CCCOCCc1ccccc1. The molecule has 134 valence electrons. The Hall–Kier alpha value is -1.92. The van der Waals surface area contributed by atoms with E-state index in [1.807, 2.05) is 18.2 Å². The Morgan fingerprint density at radius 3 is 2.46 bits per heavy atom. The summed E-state index contributed by atoms with van der Waals surface area (Å²) in [5.74, 6) is -0.525. The molecule has 0 spiro atoms. The van der Waals surface area contributed by atoms with E-state index in [9.17, 15) is 9.59 Å². The van der Waals surface area contributed by atoms with Gasteiger partial charge in [-0.25, -0.2) is 0 Å². The van der Waals surface area contributed by atoms with Crippen LogP contribution in [0.3, 0.4) is 0 Å². The summed E-state index contributed by atoms with van der Waals surface area (Å²) in [7, 11) is 2.86. The van der Waals surface area contributed by atoms with Crippen LogP contribution < -0.4 is 0 Å². The van der Waals surface area contributed by atoms with Crippen molar-refractivity contribution in [1.82, 2.24) is 4.90 Å². The number of carbonyl (C=O) groups excluding carboxylic acids is 2. The van der Waals surface area contributed by atoms with Crippen LogP contribution in [0.25, 0.3) is 0 Å². The van der Waals surface area contributed by atoms with E-state index in [-0.39, 0.29) is 12.5 Å². The molecule has 1 aromatic rings. The molecule has 0 aromatic heterocycles. The highest BCUT2D eigenvalue weighted by atomic mass is 16.5. The van der Waals surface area contributed by atoms with Crippen molar-refractivity contribution >= 4 is 11.9 Å². The molecule has 0 bridgehead atoms. The second-order valence-corrected chi connectivity index (χ2v) is 5.34. The van der Waals surface area contributed by atoms with Crippen LogP contribution in [-0.4, -0.2) is 63.9 Å². The molecule has 6 nitrogen and oxygen atoms in total. The lowest BCUT2D eigenvalue weighted by Crippen LogP contribution is -2.38. The first-order chi connectivity index (χ1) is 11.7. The monoisotopic (exact) mass is 337 g/mol. The van der Waals surface area contributed by atoms with Gasteiger partial charge in [-0.1, -0.05) is 30.3 Å². The first-order valence-electron chi connectivity index (χ1n) is 8.12. The fourth-order valence-electron chi connectivity index (χ4n) is 2.13. The predicted octanol–water partition coefficient (Wildman–Crippen LogP) is 1.67. The van der Waals surface area contributed by atoms with Gasteiger partial charge in [0.25, 0.3) is 0 Å². The van der Waals surface area contributed by atoms with E-state index in [1.54, 1.807) is 7.11 Å². The van der Waals surface area contributed by atoms with Crippen molar-refractivity contribution < 1.29 is 23.8 Å². The number of ether oxygens (including phenoxy) is 3. The van der Waals surface area contributed by atoms with Crippen LogP contribution in [0.2, 0.25) is 0 Å². The summed E-state index contributed by atoms with van der Waals surface area (Å²) in [6.07, 6.45) is 1.82. The quantitative estimate of drug-likeness (QED) is 0.429. The van der Waals surface area contributed by atoms with Gasteiger partial charge in [-0.2, -0.15) is 0 Å². The number of benzene rings is 1. The van der Waals surface area contributed by atoms with Crippen molar-refractivity contribution in [3.05, 3.63) is 35.9 Å². The smallest absolute Gasteiger partial charge is 0.325 e. The molecule has 0 aliphatic heterocycles. The first kappa shape index (κ1) is 20.1. The molecule has 6 heteroatoms. The third-order valence-electron chi connectivity index (χ3n) is 3.52. The van der Waals surface area contributed by atoms with Crippen LogP contribution in [0.1, 0.15) is 18.4 Å². The molecular weight excluding hydrogens is 310 g/mol. The molecular formula is C18H27NO5. The number of carbonyl (C=O) groups is 2. The maximum atomic E-state index is 12.2. The van der Waals surface area contributed by atoms with Crippen LogP contribution in [0, 0.1) is 0 Å². The summed E-state index contributed by atoms with van der Waals surface area (Å²) < 4.78 is 15.1. The number of rotatable bonds is 12. The van der Waals surface area contributed by atoms with Crippen LogP contribution in [0.15, 0.2) is 30.3 Å². The molecule has 0 aliphatic rings. The first-order valence-corrected chi connectivity index (χ1v) is 8.12. The second-order valence-electron chi connectivity index (χ2n) is 5.34.